The SMILES string of the molecule is COc1ccc(CCN)c(OCCCC#N)c1. The first kappa shape index (κ1) is 13.3. The molecule has 4 heteroatoms. The standard InChI is InChI=1S/C13H18N2O2/c1-16-12-5-4-11(6-8-15)13(10-12)17-9-3-2-7-14/h4-5,10H,2-3,6,8-9,15H2,1H3. The van der Waals surface area contributed by atoms with Gasteiger partial charge < -0.3 is 15.2 Å². The van der Waals surface area contributed by atoms with Gasteiger partial charge in [-0.3, -0.25) is 0 Å². The van der Waals surface area contributed by atoms with Crippen molar-refractivity contribution in [3.63, 3.8) is 0 Å². The van der Waals surface area contributed by atoms with Crippen LogP contribution in [0.4, 0.5) is 0 Å². The van der Waals surface area contributed by atoms with Gasteiger partial charge in [0.1, 0.15) is 11.5 Å². The van der Waals surface area contributed by atoms with Gasteiger partial charge in [-0.1, -0.05) is 6.07 Å². The zero-order chi connectivity index (χ0) is 12.5. The van der Waals surface area contributed by atoms with Crippen molar-refractivity contribution in [2.75, 3.05) is 20.3 Å². The second-order valence-electron chi connectivity index (χ2n) is 3.62. The van der Waals surface area contributed by atoms with E-state index >= 15 is 0 Å². The lowest BCUT2D eigenvalue weighted by Crippen LogP contribution is -2.06. The summed E-state index contributed by atoms with van der Waals surface area (Å²) in [7, 11) is 1.62. The monoisotopic (exact) mass is 234 g/mol. The van der Waals surface area contributed by atoms with Crippen LogP contribution < -0.4 is 15.2 Å². The van der Waals surface area contributed by atoms with Gasteiger partial charge in [0.05, 0.1) is 19.8 Å². The van der Waals surface area contributed by atoms with E-state index in [1.165, 1.54) is 0 Å². The number of nitrogens with zero attached hydrogens (tertiary/aromatic N) is 1. The lowest BCUT2D eigenvalue weighted by atomic mass is 10.1. The molecule has 0 radical (unpaired) electrons. The summed E-state index contributed by atoms with van der Waals surface area (Å²) in [6.07, 6.45) is 2.02. The number of benzene rings is 1. The van der Waals surface area contributed by atoms with E-state index in [1.54, 1.807) is 7.11 Å². The Bertz CT molecular complexity index is 385. The highest BCUT2D eigenvalue weighted by molar-refractivity contribution is 5.40. The number of hydrogen-bond acceptors (Lipinski definition) is 4. The van der Waals surface area contributed by atoms with Gasteiger partial charge in [-0.25, -0.2) is 0 Å². The number of nitrogens with two attached hydrogens (primary N) is 1. The average Bonchev–Trinajstić information content (AvgIpc) is 2.36. The zero-order valence-corrected chi connectivity index (χ0v) is 10.1. The molecule has 92 valence electrons. The van der Waals surface area contributed by atoms with Crippen LogP contribution in [0.2, 0.25) is 0 Å². The largest absolute Gasteiger partial charge is 0.497 e. The first-order valence-electron chi connectivity index (χ1n) is 5.68. The maximum atomic E-state index is 8.44. The highest BCUT2D eigenvalue weighted by Gasteiger charge is 2.05. The first-order chi connectivity index (χ1) is 8.31. The highest BCUT2D eigenvalue weighted by atomic mass is 16.5. The van der Waals surface area contributed by atoms with E-state index < -0.39 is 0 Å². The molecule has 1 aromatic rings. The van der Waals surface area contributed by atoms with E-state index in [2.05, 4.69) is 6.07 Å². The van der Waals surface area contributed by atoms with Crippen molar-refractivity contribution < 1.29 is 9.47 Å². The number of unbranched alkanes of at least 4 members (excludes halogenated alkanes) is 1. The Morgan fingerprint density at radius 3 is 2.88 bits per heavy atom. The van der Waals surface area contributed by atoms with Gasteiger partial charge in [0, 0.05) is 12.5 Å². The topological polar surface area (TPSA) is 68.3 Å². The molecule has 0 bridgehead atoms. The van der Waals surface area contributed by atoms with Crippen molar-refractivity contribution in [2.24, 2.45) is 5.73 Å². The number of ether oxygens (including phenoxy) is 2. The number of nitriles is 1. The molecular weight excluding hydrogens is 216 g/mol. The molecule has 1 aromatic carbocycles. The normalized spacial score (nSPS) is 9.71. The molecule has 2 N–H and O–H groups in total. The van der Waals surface area contributed by atoms with Crippen LogP contribution in [0.3, 0.4) is 0 Å². The minimum absolute atomic E-state index is 0.510. The lowest BCUT2D eigenvalue weighted by Gasteiger charge is -2.12. The third-order valence-corrected chi connectivity index (χ3v) is 2.38. The molecule has 0 unspecified atom stereocenters. The fourth-order valence-corrected chi connectivity index (χ4v) is 1.49. The summed E-state index contributed by atoms with van der Waals surface area (Å²) in [5.74, 6) is 1.56. The minimum atomic E-state index is 0.510. The average molecular weight is 234 g/mol. The van der Waals surface area contributed by atoms with E-state index in [4.69, 9.17) is 20.5 Å². The van der Waals surface area contributed by atoms with Gasteiger partial charge in [0.25, 0.3) is 0 Å². The maximum Gasteiger partial charge on any atom is 0.126 e. The number of hydrogen-bond donors (Lipinski definition) is 1. The Labute approximate surface area is 102 Å². The summed E-state index contributed by atoms with van der Waals surface area (Å²) in [5, 5.41) is 8.44. The molecule has 0 aliphatic rings. The van der Waals surface area contributed by atoms with Gasteiger partial charge in [0.2, 0.25) is 0 Å². The van der Waals surface area contributed by atoms with Gasteiger partial charge >= 0.3 is 0 Å². The van der Waals surface area contributed by atoms with E-state index in [9.17, 15) is 0 Å². The van der Waals surface area contributed by atoms with Crippen molar-refractivity contribution in [1.29, 1.82) is 5.26 Å². The van der Waals surface area contributed by atoms with Crippen molar-refractivity contribution in [2.45, 2.75) is 19.3 Å². The summed E-state index contributed by atoms with van der Waals surface area (Å²) in [6, 6.07) is 7.81. The zero-order valence-electron chi connectivity index (χ0n) is 10.1. The molecule has 0 saturated heterocycles. The Kier molecular flexibility index (Phi) is 5.91. The molecule has 0 amide bonds. The molecule has 0 aliphatic heterocycles. The summed E-state index contributed by atoms with van der Waals surface area (Å²) in [4.78, 5) is 0. The second-order valence-corrected chi connectivity index (χ2v) is 3.62. The maximum absolute atomic E-state index is 8.44. The minimum Gasteiger partial charge on any atom is -0.497 e. The van der Waals surface area contributed by atoms with Crippen molar-refractivity contribution in [1.82, 2.24) is 0 Å². The molecule has 0 saturated carbocycles. The van der Waals surface area contributed by atoms with Crippen LogP contribution in [0.1, 0.15) is 18.4 Å². The molecule has 0 fully saturated rings. The predicted octanol–water partition coefficient (Wildman–Crippen LogP) is 1.88. The van der Waals surface area contributed by atoms with Gasteiger partial charge in [-0.05, 0) is 31.0 Å². The highest BCUT2D eigenvalue weighted by Crippen LogP contribution is 2.25. The van der Waals surface area contributed by atoms with E-state index in [-0.39, 0.29) is 0 Å². The molecular formula is C13H18N2O2. The summed E-state index contributed by atoms with van der Waals surface area (Å²) in [6.45, 7) is 1.12. The van der Waals surface area contributed by atoms with E-state index in [1.807, 2.05) is 18.2 Å². The third kappa shape index (κ3) is 4.33. The molecule has 17 heavy (non-hydrogen) atoms. The molecule has 0 aliphatic carbocycles. The first-order valence-corrected chi connectivity index (χ1v) is 5.68. The van der Waals surface area contributed by atoms with Crippen LogP contribution in [-0.4, -0.2) is 20.3 Å². The van der Waals surface area contributed by atoms with Crippen molar-refractivity contribution in [3.8, 4) is 17.6 Å². The molecule has 0 aromatic heterocycles. The Morgan fingerprint density at radius 1 is 1.41 bits per heavy atom. The summed E-state index contributed by atoms with van der Waals surface area (Å²) < 4.78 is 10.8. The molecule has 0 heterocycles. The predicted molar refractivity (Wildman–Crippen MR) is 66.1 cm³/mol. The van der Waals surface area contributed by atoms with Crippen LogP contribution in [0, 0.1) is 11.3 Å². The van der Waals surface area contributed by atoms with Crippen molar-refractivity contribution >= 4 is 0 Å². The Balaban J connectivity index is 2.68. The summed E-state index contributed by atoms with van der Waals surface area (Å²) in [5.41, 5.74) is 6.62. The smallest absolute Gasteiger partial charge is 0.126 e. The Morgan fingerprint density at radius 2 is 2.24 bits per heavy atom. The van der Waals surface area contributed by atoms with Crippen LogP contribution in [0.25, 0.3) is 0 Å². The van der Waals surface area contributed by atoms with Crippen molar-refractivity contribution in [3.05, 3.63) is 23.8 Å². The fraction of sp³-hybridized carbons (Fsp3) is 0.462. The van der Waals surface area contributed by atoms with Gasteiger partial charge in [0.15, 0.2) is 0 Å². The molecule has 1 rings (SSSR count). The number of rotatable bonds is 7. The fourth-order valence-electron chi connectivity index (χ4n) is 1.49. The van der Waals surface area contributed by atoms with Crippen LogP contribution in [-0.2, 0) is 6.42 Å². The molecule has 4 nitrogen and oxygen atoms in total. The van der Waals surface area contributed by atoms with Crippen LogP contribution >= 0.6 is 0 Å². The number of methoxy groups -OCH3 is 1. The van der Waals surface area contributed by atoms with Crippen LogP contribution in [0.15, 0.2) is 18.2 Å². The van der Waals surface area contributed by atoms with Gasteiger partial charge in [-0.15, -0.1) is 0 Å². The third-order valence-electron chi connectivity index (χ3n) is 2.38. The molecule has 0 spiro atoms. The van der Waals surface area contributed by atoms with E-state index in [0.29, 0.717) is 19.6 Å². The quantitative estimate of drug-likeness (QED) is 0.731. The second kappa shape index (κ2) is 7.53. The van der Waals surface area contributed by atoms with Gasteiger partial charge in [-0.2, -0.15) is 5.26 Å². The Hall–Kier alpha value is -1.73. The van der Waals surface area contributed by atoms with Crippen LogP contribution in [0.5, 0.6) is 11.5 Å². The summed E-state index contributed by atoms with van der Waals surface area (Å²) >= 11 is 0. The molecule has 0 atom stereocenters. The van der Waals surface area contributed by atoms with E-state index in [0.717, 1.165) is 29.9 Å². The lowest BCUT2D eigenvalue weighted by molar-refractivity contribution is 0.307.